The average molecular weight is 381 g/mol. The monoisotopic (exact) mass is 381 g/mol. The zero-order valence-corrected chi connectivity index (χ0v) is 16.2. The fraction of sp³-hybridized carbons (Fsp3) is 0.364. The number of carbonyl (C=O) groups is 2. The van der Waals surface area contributed by atoms with E-state index in [0.29, 0.717) is 12.2 Å². The van der Waals surface area contributed by atoms with Crippen molar-refractivity contribution in [3.63, 3.8) is 0 Å². The first kappa shape index (κ1) is 19.9. The van der Waals surface area contributed by atoms with Crippen molar-refractivity contribution < 1.29 is 14.3 Å². The summed E-state index contributed by atoms with van der Waals surface area (Å²) in [4.78, 5) is 26.2. The molecular formula is C22H27N3O3. The van der Waals surface area contributed by atoms with E-state index in [-0.39, 0.29) is 11.8 Å². The molecule has 28 heavy (non-hydrogen) atoms. The second kappa shape index (κ2) is 9.90. The van der Waals surface area contributed by atoms with Crippen LogP contribution in [0.15, 0.2) is 54.6 Å². The number of piperidine rings is 1. The van der Waals surface area contributed by atoms with Crippen LogP contribution in [0.2, 0.25) is 0 Å². The smallest absolute Gasteiger partial charge is 0.411 e. The zero-order valence-electron chi connectivity index (χ0n) is 16.2. The van der Waals surface area contributed by atoms with Gasteiger partial charge in [-0.25, -0.2) is 4.79 Å². The Morgan fingerprint density at radius 1 is 1.07 bits per heavy atom. The van der Waals surface area contributed by atoms with Crippen molar-refractivity contribution in [1.29, 1.82) is 0 Å². The third-order valence-corrected chi connectivity index (χ3v) is 4.98. The molecule has 0 bridgehead atoms. The number of amides is 2. The van der Waals surface area contributed by atoms with Crippen LogP contribution in [-0.2, 0) is 22.6 Å². The SMILES string of the molecule is COC(=O)Nc1ccc(CNC(=O)C2CCCN(Cc3ccccc3)C2)cc1. The summed E-state index contributed by atoms with van der Waals surface area (Å²) in [7, 11) is 1.32. The lowest BCUT2D eigenvalue weighted by atomic mass is 9.96. The molecule has 3 rings (SSSR count). The van der Waals surface area contributed by atoms with Gasteiger partial charge in [0.1, 0.15) is 0 Å². The van der Waals surface area contributed by atoms with Crippen molar-refractivity contribution in [3.8, 4) is 0 Å². The first-order valence-corrected chi connectivity index (χ1v) is 9.62. The second-order valence-electron chi connectivity index (χ2n) is 7.09. The molecule has 2 N–H and O–H groups in total. The molecule has 2 aromatic rings. The van der Waals surface area contributed by atoms with Crippen LogP contribution < -0.4 is 10.6 Å². The first-order valence-electron chi connectivity index (χ1n) is 9.62. The van der Waals surface area contributed by atoms with E-state index in [2.05, 4.69) is 44.5 Å². The summed E-state index contributed by atoms with van der Waals surface area (Å²) >= 11 is 0. The Balaban J connectivity index is 1.47. The third-order valence-electron chi connectivity index (χ3n) is 4.98. The summed E-state index contributed by atoms with van der Waals surface area (Å²) in [5.74, 6) is 0.132. The molecule has 6 nitrogen and oxygen atoms in total. The van der Waals surface area contributed by atoms with E-state index in [1.807, 2.05) is 18.2 Å². The lowest BCUT2D eigenvalue weighted by Crippen LogP contribution is -2.42. The van der Waals surface area contributed by atoms with Gasteiger partial charge in [0, 0.05) is 25.3 Å². The zero-order chi connectivity index (χ0) is 19.8. The summed E-state index contributed by atoms with van der Waals surface area (Å²) in [6, 6.07) is 17.7. The largest absolute Gasteiger partial charge is 0.453 e. The van der Waals surface area contributed by atoms with Crippen LogP contribution in [0.25, 0.3) is 0 Å². The fourth-order valence-corrected chi connectivity index (χ4v) is 3.46. The highest BCUT2D eigenvalue weighted by Crippen LogP contribution is 2.19. The number of hydrogen-bond acceptors (Lipinski definition) is 4. The topological polar surface area (TPSA) is 70.7 Å². The summed E-state index contributed by atoms with van der Waals surface area (Å²) in [5, 5.41) is 5.65. The van der Waals surface area contributed by atoms with Gasteiger partial charge in [-0.1, -0.05) is 42.5 Å². The van der Waals surface area contributed by atoms with Crippen LogP contribution in [0, 0.1) is 5.92 Å². The van der Waals surface area contributed by atoms with Gasteiger partial charge in [0.2, 0.25) is 5.91 Å². The van der Waals surface area contributed by atoms with Gasteiger partial charge in [-0.15, -0.1) is 0 Å². The molecule has 0 radical (unpaired) electrons. The van der Waals surface area contributed by atoms with Crippen LogP contribution in [0.4, 0.5) is 10.5 Å². The minimum atomic E-state index is -0.501. The Labute approximate surface area is 165 Å². The molecule has 148 valence electrons. The van der Waals surface area contributed by atoms with E-state index in [0.717, 1.165) is 38.0 Å². The molecule has 0 aromatic heterocycles. The Morgan fingerprint density at radius 2 is 1.82 bits per heavy atom. The fourth-order valence-electron chi connectivity index (χ4n) is 3.46. The minimum Gasteiger partial charge on any atom is -0.453 e. The summed E-state index contributed by atoms with van der Waals surface area (Å²) in [6.45, 7) is 3.20. The van der Waals surface area contributed by atoms with E-state index < -0.39 is 6.09 Å². The maximum Gasteiger partial charge on any atom is 0.411 e. The number of methoxy groups -OCH3 is 1. The van der Waals surface area contributed by atoms with Gasteiger partial charge >= 0.3 is 6.09 Å². The number of hydrogen-bond donors (Lipinski definition) is 2. The van der Waals surface area contributed by atoms with Gasteiger partial charge in [0.05, 0.1) is 13.0 Å². The van der Waals surface area contributed by atoms with E-state index in [1.165, 1.54) is 12.7 Å². The maximum absolute atomic E-state index is 12.6. The Morgan fingerprint density at radius 3 is 2.54 bits per heavy atom. The molecule has 2 aromatic carbocycles. The Kier molecular flexibility index (Phi) is 7.03. The van der Waals surface area contributed by atoms with Crippen LogP contribution in [0.5, 0.6) is 0 Å². The van der Waals surface area contributed by atoms with Gasteiger partial charge in [-0.2, -0.15) is 0 Å². The number of ether oxygens (including phenoxy) is 1. The van der Waals surface area contributed by atoms with Crippen molar-refractivity contribution in [2.75, 3.05) is 25.5 Å². The number of likely N-dealkylation sites (tertiary alicyclic amines) is 1. The van der Waals surface area contributed by atoms with Crippen molar-refractivity contribution in [2.24, 2.45) is 5.92 Å². The van der Waals surface area contributed by atoms with Gasteiger partial charge in [0.25, 0.3) is 0 Å². The highest BCUT2D eigenvalue weighted by atomic mass is 16.5. The molecule has 0 spiro atoms. The standard InChI is InChI=1S/C22H27N3O3/c1-28-22(27)24-20-11-9-17(10-12-20)14-23-21(26)19-8-5-13-25(16-19)15-18-6-3-2-4-7-18/h2-4,6-7,9-12,19H,5,8,13-16H2,1H3,(H,23,26)(H,24,27). The molecule has 0 aliphatic carbocycles. The van der Waals surface area contributed by atoms with E-state index >= 15 is 0 Å². The molecule has 0 saturated carbocycles. The highest BCUT2D eigenvalue weighted by molar-refractivity contribution is 5.84. The van der Waals surface area contributed by atoms with Crippen molar-refractivity contribution in [1.82, 2.24) is 10.2 Å². The summed E-state index contributed by atoms with van der Waals surface area (Å²) in [6.07, 6.45) is 1.47. The second-order valence-corrected chi connectivity index (χ2v) is 7.09. The number of rotatable bonds is 6. The molecular weight excluding hydrogens is 354 g/mol. The summed E-state index contributed by atoms with van der Waals surface area (Å²) in [5.41, 5.74) is 2.93. The molecule has 1 aliphatic heterocycles. The van der Waals surface area contributed by atoms with Crippen LogP contribution in [0.3, 0.4) is 0 Å². The average Bonchev–Trinajstić information content (AvgIpc) is 2.74. The molecule has 1 unspecified atom stereocenters. The summed E-state index contributed by atoms with van der Waals surface area (Å²) < 4.78 is 4.57. The van der Waals surface area contributed by atoms with E-state index in [9.17, 15) is 9.59 Å². The molecule has 1 aliphatic rings. The maximum atomic E-state index is 12.6. The number of anilines is 1. The number of nitrogens with zero attached hydrogens (tertiary/aromatic N) is 1. The first-order chi connectivity index (χ1) is 13.6. The number of carbonyl (C=O) groups excluding carboxylic acids is 2. The Hall–Kier alpha value is -2.86. The molecule has 6 heteroatoms. The normalized spacial score (nSPS) is 17.0. The Bertz CT molecular complexity index is 777. The van der Waals surface area contributed by atoms with Crippen molar-refractivity contribution >= 4 is 17.7 Å². The highest BCUT2D eigenvalue weighted by Gasteiger charge is 2.25. The van der Waals surface area contributed by atoms with Crippen LogP contribution in [-0.4, -0.2) is 37.1 Å². The number of benzene rings is 2. The number of nitrogens with one attached hydrogen (secondary N) is 2. The predicted octanol–water partition coefficient (Wildman–Crippen LogP) is 3.39. The molecule has 1 heterocycles. The van der Waals surface area contributed by atoms with Crippen molar-refractivity contribution in [3.05, 3.63) is 65.7 Å². The quantitative estimate of drug-likeness (QED) is 0.805. The molecule has 2 amide bonds. The van der Waals surface area contributed by atoms with Gasteiger partial charge in [0.15, 0.2) is 0 Å². The predicted molar refractivity (Wildman–Crippen MR) is 109 cm³/mol. The van der Waals surface area contributed by atoms with Gasteiger partial charge in [-0.05, 0) is 42.6 Å². The third kappa shape index (κ3) is 5.82. The lowest BCUT2D eigenvalue weighted by molar-refractivity contribution is -0.126. The molecule has 1 fully saturated rings. The van der Waals surface area contributed by atoms with Gasteiger partial charge in [-0.3, -0.25) is 15.0 Å². The van der Waals surface area contributed by atoms with Crippen molar-refractivity contribution in [2.45, 2.75) is 25.9 Å². The molecule has 1 atom stereocenters. The van der Waals surface area contributed by atoms with E-state index in [4.69, 9.17) is 0 Å². The molecule has 1 saturated heterocycles. The minimum absolute atomic E-state index is 0.0257. The van der Waals surface area contributed by atoms with Gasteiger partial charge < -0.3 is 10.1 Å². The van der Waals surface area contributed by atoms with Crippen LogP contribution in [0.1, 0.15) is 24.0 Å². The van der Waals surface area contributed by atoms with Crippen LogP contribution >= 0.6 is 0 Å². The lowest BCUT2D eigenvalue weighted by Gasteiger charge is -2.32. The van der Waals surface area contributed by atoms with E-state index in [1.54, 1.807) is 12.1 Å².